The zero-order valence-electron chi connectivity index (χ0n) is 14.4. The van der Waals surface area contributed by atoms with Crippen molar-refractivity contribution in [2.75, 3.05) is 11.4 Å². The zero-order chi connectivity index (χ0) is 17.4. The summed E-state index contributed by atoms with van der Waals surface area (Å²) in [5.74, 6) is 0.0258. The molecule has 0 bridgehead atoms. The molecule has 0 aliphatic carbocycles. The van der Waals surface area contributed by atoms with Gasteiger partial charge < -0.3 is 4.90 Å². The standard InChI is InChI=1S/C21H22N2O2/c1-15-11-12-18-17(14-15)21(25)22-13-7-3-6-10-19(22)23(18)20(24)16-8-4-2-5-9-16/h2,4-5,8-9,11-12,14,19H,3,6-7,10,13H2,1H3. The summed E-state index contributed by atoms with van der Waals surface area (Å²) in [5, 5.41) is 0. The number of carbonyl (C=O) groups is 2. The molecule has 0 radical (unpaired) electrons. The van der Waals surface area contributed by atoms with Gasteiger partial charge in [-0.25, -0.2) is 0 Å². The molecule has 2 aromatic carbocycles. The largest absolute Gasteiger partial charge is 0.318 e. The van der Waals surface area contributed by atoms with Gasteiger partial charge in [0.2, 0.25) is 0 Å². The third kappa shape index (κ3) is 2.72. The molecular formula is C21H22N2O2. The van der Waals surface area contributed by atoms with Gasteiger partial charge in [0.05, 0.1) is 11.3 Å². The van der Waals surface area contributed by atoms with E-state index in [0.717, 1.165) is 43.5 Å². The van der Waals surface area contributed by atoms with Gasteiger partial charge in [0, 0.05) is 12.1 Å². The Hall–Kier alpha value is -2.62. The van der Waals surface area contributed by atoms with Crippen LogP contribution in [0, 0.1) is 6.92 Å². The highest BCUT2D eigenvalue weighted by atomic mass is 16.2. The number of hydrogen-bond acceptors (Lipinski definition) is 2. The van der Waals surface area contributed by atoms with E-state index in [-0.39, 0.29) is 18.0 Å². The Morgan fingerprint density at radius 2 is 1.84 bits per heavy atom. The normalized spacial score (nSPS) is 19.9. The molecule has 0 spiro atoms. The van der Waals surface area contributed by atoms with Crippen LogP contribution in [-0.2, 0) is 0 Å². The fourth-order valence-corrected chi connectivity index (χ4v) is 3.91. The SMILES string of the molecule is Cc1ccc2c(c1)C(=O)N1CCCCCC1N2C(=O)c1ccccc1. The summed E-state index contributed by atoms with van der Waals surface area (Å²) >= 11 is 0. The summed E-state index contributed by atoms with van der Waals surface area (Å²) in [6, 6.07) is 15.2. The van der Waals surface area contributed by atoms with E-state index in [0.29, 0.717) is 11.1 Å². The van der Waals surface area contributed by atoms with Crippen molar-refractivity contribution in [1.82, 2.24) is 4.90 Å². The molecule has 2 amide bonds. The van der Waals surface area contributed by atoms with E-state index in [1.165, 1.54) is 0 Å². The first-order valence-electron chi connectivity index (χ1n) is 8.97. The highest BCUT2D eigenvalue weighted by molar-refractivity contribution is 6.13. The number of benzene rings is 2. The first kappa shape index (κ1) is 15.9. The number of rotatable bonds is 1. The van der Waals surface area contributed by atoms with Crippen molar-refractivity contribution >= 4 is 17.5 Å². The van der Waals surface area contributed by atoms with Gasteiger partial charge in [0.15, 0.2) is 0 Å². The Bertz CT molecular complexity index is 816. The highest BCUT2D eigenvalue weighted by Gasteiger charge is 2.41. The molecule has 1 atom stereocenters. The van der Waals surface area contributed by atoms with Crippen LogP contribution in [0.5, 0.6) is 0 Å². The van der Waals surface area contributed by atoms with Crippen LogP contribution in [0.3, 0.4) is 0 Å². The number of carbonyl (C=O) groups excluding carboxylic acids is 2. The van der Waals surface area contributed by atoms with Crippen molar-refractivity contribution < 1.29 is 9.59 Å². The van der Waals surface area contributed by atoms with Gasteiger partial charge in [-0.15, -0.1) is 0 Å². The fraction of sp³-hybridized carbons (Fsp3) is 0.333. The molecule has 2 aliphatic heterocycles. The van der Waals surface area contributed by atoms with Crippen LogP contribution in [-0.4, -0.2) is 29.4 Å². The fourth-order valence-electron chi connectivity index (χ4n) is 3.91. The Labute approximate surface area is 148 Å². The van der Waals surface area contributed by atoms with Crippen LogP contribution in [0.15, 0.2) is 48.5 Å². The van der Waals surface area contributed by atoms with Crippen molar-refractivity contribution in [3.63, 3.8) is 0 Å². The van der Waals surface area contributed by atoms with E-state index in [9.17, 15) is 9.59 Å². The monoisotopic (exact) mass is 334 g/mol. The van der Waals surface area contributed by atoms with Crippen LogP contribution < -0.4 is 4.90 Å². The van der Waals surface area contributed by atoms with Gasteiger partial charge in [-0.2, -0.15) is 0 Å². The molecule has 4 rings (SSSR count). The number of anilines is 1. The number of fused-ring (bicyclic) bond motifs is 2. The molecule has 0 N–H and O–H groups in total. The van der Waals surface area contributed by atoms with E-state index in [4.69, 9.17) is 0 Å². The number of amides is 2. The van der Waals surface area contributed by atoms with Crippen molar-refractivity contribution in [3.8, 4) is 0 Å². The molecular weight excluding hydrogens is 312 g/mol. The molecule has 4 heteroatoms. The highest BCUT2D eigenvalue weighted by Crippen LogP contribution is 2.36. The van der Waals surface area contributed by atoms with E-state index in [1.807, 2.05) is 65.3 Å². The molecule has 2 aliphatic rings. The lowest BCUT2D eigenvalue weighted by atomic mass is 10.0. The lowest BCUT2D eigenvalue weighted by molar-refractivity contribution is 0.0638. The van der Waals surface area contributed by atoms with E-state index >= 15 is 0 Å². The second-order valence-corrected chi connectivity index (χ2v) is 6.89. The Balaban J connectivity index is 1.86. The zero-order valence-corrected chi connectivity index (χ0v) is 14.4. The number of hydrogen-bond donors (Lipinski definition) is 0. The van der Waals surface area contributed by atoms with Crippen LogP contribution in [0.2, 0.25) is 0 Å². The lowest BCUT2D eigenvalue weighted by Gasteiger charge is -2.43. The van der Waals surface area contributed by atoms with Crippen molar-refractivity contribution in [3.05, 3.63) is 65.2 Å². The van der Waals surface area contributed by atoms with Crippen LogP contribution >= 0.6 is 0 Å². The van der Waals surface area contributed by atoms with E-state index in [2.05, 4.69) is 0 Å². The predicted molar refractivity (Wildman–Crippen MR) is 97.7 cm³/mol. The Kier molecular flexibility index (Phi) is 4.04. The van der Waals surface area contributed by atoms with Crippen LogP contribution in [0.1, 0.15) is 52.0 Å². The Morgan fingerprint density at radius 3 is 2.64 bits per heavy atom. The van der Waals surface area contributed by atoms with E-state index in [1.54, 1.807) is 0 Å². The minimum atomic E-state index is -0.182. The molecule has 25 heavy (non-hydrogen) atoms. The lowest BCUT2D eigenvalue weighted by Crippen LogP contribution is -2.57. The predicted octanol–water partition coefficient (Wildman–Crippen LogP) is 4.00. The summed E-state index contributed by atoms with van der Waals surface area (Å²) in [5.41, 5.74) is 3.08. The van der Waals surface area contributed by atoms with Gasteiger partial charge in [0.1, 0.15) is 6.17 Å². The summed E-state index contributed by atoms with van der Waals surface area (Å²) in [6.45, 7) is 2.70. The van der Waals surface area contributed by atoms with Crippen molar-refractivity contribution in [2.24, 2.45) is 0 Å². The van der Waals surface area contributed by atoms with Crippen LogP contribution in [0.4, 0.5) is 5.69 Å². The molecule has 0 saturated carbocycles. The van der Waals surface area contributed by atoms with Crippen molar-refractivity contribution in [1.29, 1.82) is 0 Å². The number of aryl methyl sites for hydroxylation is 1. The maximum absolute atomic E-state index is 13.3. The summed E-state index contributed by atoms with van der Waals surface area (Å²) in [4.78, 5) is 30.1. The minimum Gasteiger partial charge on any atom is -0.318 e. The van der Waals surface area contributed by atoms with Gasteiger partial charge in [-0.3, -0.25) is 14.5 Å². The van der Waals surface area contributed by atoms with Gasteiger partial charge >= 0.3 is 0 Å². The smallest absolute Gasteiger partial charge is 0.259 e. The molecule has 0 aromatic heterocycles. The first-order chi connectivity index (χ1) is 12.2. The van der Waals surface area contributed by atoms with Gasteiger partial charge in [0.25, 0.3) is 11.8 Å². The summed E-state index contributed by atoms with van der Waals surface area (Å²) in [7, 11) is 0. The van der Waals surface area contributed by atoms with Crippen LogP contribution in [0.25, 0.3) is 0 Å². The minimum absolute atomic E-state index is 0.0323. The third-order valence-electron chi connectivity index (χ3n) is 5.16. The first-order valence-corrected chi connectivity index (χ1v) is 8.97. The molecule has 1 unspecified atom stereocenters. The maximum atomic E-state index is 13.3. The molecule has 1 fully saturated rings. The molecule has 128 valence electrons. The average Bonchev–Trinajstić information content (AvgIpc) is 2.89. The molecule has 2 aromatic rings. The summed E-state index contributed by atoms with van der Waals surface area (Å²) in [6.07, 6.45) is 3.78. The van der Waals surface area contributed by atoms with Gasteiger partial charge in [-0.05, 0) is 50.5 Å². The van der Waals surface area contributed by atoms with Gasteiger partial charge in [-0.1, -0.05) is 36.2 Å². The van der Waals surface area contributed by atoms with Crippen molar-refractivity contribution in [2.45, 2.75) is 38.8 Å². The van der Waals surface area contributed by atoms with E-state index < -0.39 is 0 Å². The third-order valence-corrected chi connectivity index (χ3v) is 5.16. The maximum Gasteiger partial charge on any atom is 0.259 e. The molecule has 2 heterocycles. The second-order valence-electron chi connectivity index (χ2n) is 6.89. The Morgan fingerprint density at radius 1 is 1.04 bits per heavy atom. The number of nitrogens with zero attached hydrogens (tertiary/aromatic N) is 2. The molecule has 1 saturated heterocycles. The average molecular weight is 334 g/mol. The topological polar surface area (TPSA) is 40.6 Å². The quantitative estimate of drug-likeness (QED) is 0.791. The summed E-state index contributed by atoms with van der Waals surface area (Å²) < 4.78 is 0. The second kappa shape index (κ2) is 6.36. The molecule has 4 nitrogen and oxygen atoms in total.